The van der Waals surface area contributed by atoms with E-state index in [-0.39, 0.29) is 68.7 Å². The van der Waals surface area contributed by atoms with Crippen molar-refractivity contribution in [3.05, 3.63) is 88.5 Å². The molecule has 0 bridgehead atoms. The lowest BCUT2D eigenvalue weighted by atomic mass is 10.0. The number of ether oxygens (including phenoxy) is 6. The first kappa shape index (κ1) is 64.2. The van der Waals surface area contributed by atoms with Crippen molar-refractivity contribution in [1.82, 2.24) is 24.2 Å². The van der Waals surface area contributed by atoms with Gasteiger partial charge >= 0.3 is 20.7 Å². The minimum Gasteiger partial charge on any atom is -0.463 e. The van der Waals surface area contributed by atoms with Gasteiger partial charge in [0.15, 0.2) is 39.8 Å². The fourth-order valence-electron chi connectivity index (χ4n) is 8.22. The number of benzene rings is 2. The number of aromatic nitrogens is 4. The third-order valence-corrected chi connectivity index (χ3v) is 22.1. The van der Waals surface area contributed by atoms with Crippen LogP contribution in [0.25, 0.3) is 11.2 Å². The van der Waals surface area contributed by atoms with Crippen LogP contribution in [-0.4, -0.2) is 148 Å². The van der Waals surface area contributed by atoms with Crippen molar-refractivity contribution in [2.24, 2.45) is 5.92 Å². The maximum absolute atomic E-state index is 13.9. The van der Waals surface area contributed by atoms with Gasteiger partial charge in [0.05, 0.1) is 38.6 Å². The summed E-state index contributed by atoms with van der Waals surface area (Å²) in [7, 11) is -12.6. The van der Waals surface area contributed by atoms with E-state index in [9.17, 15) is 29.5 Å². The summed E-state index contributed by atoms with van der Waals surface area (Å²) in [6.45, 7) is 22.8. The summed E-state index contributed by atoms with van der Waals surface area (Å²) in [5, 5.41) is 26.3. The molecule has 5 rings (SSSR count). The fourth-order valence-corrected chi connectivity index (χ4v) is 20.1. The molecule has 27 heteroatoms. The van der Waals surface area contributed by atoms with E-state index in [1.807, 2.05) is 132 Å². The van der Waals surface area contributed by atoms with Gasteiger partial charge in [0, 0.05) is 31.8 Å². The first-order valence-electron chi connectivity index (χ1n) is 25.9. The first-order chi connectivity index (χ1) is 36.7. The predicted octanol–water partition coefficient (Wildman–Crippen LogP) is 7.45. The van der Waals surface area contributed by atoms with Crippen molar-refractivity contribution < 1.29 is 69.6 Å². The number of H-pyrrole nitrogens is 1. The lowest BCUT2D eigenvalue weighted by Crippen LogP contribution is -2.68. The number of hydrogen-bond acceptors (Lipinski definition) is 20. The molecule has 0 aliphatic carbocycles. The van der Waals surface area contributed by atoms with E-state index in [4.69, 9.17) is 50.1 Å². The topological polar surface area (TPSA) is 276 Å². The quantitative estimate of drug-likeness (QED) is 0.0145. The number of aliphatic hydroxyl groups is 1. The van der Waals surface area contributed by atoms with E-state index in [1.54, 1.807) is 13.8 Å². The maximum atomic E-state index is 13.9. The maximum Gasteiger partial charge on any atom is 0.513 e. The summed E-state index contributed by atoms with van der Waals surface area (Å²) in [6.07, 6.45) is -5.54. The Bertz CT molecular complexity index is 2570. The molecule has 0 radical (unpaired) electrons. The summed E-state index contributed by atoms with van der Waals surface area (Å²) in [6, 6.07) is 20.7. The number of anilines is 1. The van der Waals surface area contributed by atoms with E-state index < -0.39 is 106 Å². The second-order valence-corrected chi connectivity index (χ2v) is 34.6. The third-order valence-electron chi connectivity index (χ3n) is 11.2. The van der Waals surface area contributed by atoms with Crippen LogP contribution in [0.4, 0.5) is 5.95 Å². The number of nitriles is 1. The number of amides is 1. The molecule has 2 aromatic heterocycles. The molecule has 1 amide bonds. The summed E-state index contributed by atoms with van der Waals surface area (Å²) in [4.78, 5) is 62.3. The molecule has 1 fully saturated rings. The molecule has 2 unspecified atom stereocenters. The second-order valence-electron chi connectivity index (χ2n) is 21.1. The predicted molar refractivity (Wildman–Crippen MR) is 296 cm³/mol. The van der Waals surface area contributed by atoms with Crippen LogP contribution in [0.3, 0.4) is 0 Å². The molecule has 0 saturated carbocycles. The zero-order chi connectivity index (χ0) is 57.5. The van der Waals surface area contributed by atoms with Crippen LogP contribution in [0.1, 0.15) is 85.3 Å². The number of aliphatic hydroxyl groups excluding tert-OH is 1. The number of nitrogens with zero attached hydrogens (tertiary/aromatic N) is 5. The van der Waals surface area contributed by atoms with Crippen LogP contribution in [-0.2, 0) is 64.5 Å². The molecular weight excluding hydrogens is 1080 g/mol. The lowest BCUT2D eigenvalue weighted by molar-refractivity contribution is -0.320. The molecule has 0 spiro atoms. The Labute approximate surface area is 461 Å². The van der Waals surface area contributed by atoms with Crippen molar-refractivity contribution in [1.29, 1.82) is 5.26 Å². The highest BCUT2D eigenvalue weighted by molar-refractivity contribution is 7.44. The van der Waals surface area contributed by atoms with Crippen LogP contribution >= 0.6 is 8.53 Å². The summed E-state index contributed by atoms with van der Waals surface area (Å²) < 4.78 is 76.0. The van der Waals surface area contributed by atoms with Gasteiger partial charge in [-0.25, -0.2) is 9.65 Å². The minimum absolute atomic E-state index is 0.00562. The highest BCUT2D eigenvalue weighted by Crippen LogP contribution is 2.52. The van der Waals surface area contributed by atoms with Gasteiger partial charge in [-0.3, -0.25) is 34.0 Å². The van der Waals surface area contributed by atoms with Gasteiger partial charge in [-0.05, 0) is 78.1 Å². The summed E-state index contributed by atoms with van der Waals surface area (Å²) in [5.74, 6) is -2.24. The Hall–Kier alpha value is -4.67. The number of rotatable bonds is 31. The largest absolute Gasteiger partial charge is 0.513 e. The van der Waals surface area contributed by atoms with E-state index in [1.165, 1.54) is 24.7 Å². The van der Waals surface area contributed by atoms with E-state index in [2.05, 4.69) is 26.3 Å². The smallest absolute Gasteiger partial charge is 0.463 e. The van der Waals surface area contributed by atoms with Crippen LogP contribution in [0, 0.1) is 17.2 Å². The standard InChI is InChI=1S/C51H78N7O16PSi3/c1-33(2)46(61)55-50-54-45-40(47(62)56-50)53-32-57(45)48-43(70-51(66-30-28-64-36(7)59)67-31-29-65-37(8)60)42(71-75(68-27-21-26-52)58(34(3)4)35(5)6)44(69-48)49(63)78(73-76(9,10)11,74-77(12,13)14)72-41(38-22-17-15-18-23-38)39-24-19-16-20-25-39/h15-20,22-25,32-35,41-44,48-49,51,63H,21,27-31H2,1-14H3,(H2,54,55,56,61,62)/t42-,43+,44-,48+,49?,75?/m0/s1. The average molecular weight is 1160 g/mol. The Morgan fingerprint density at radius 3 is 1.85 bits per heavy atom. The number of nitrogens with one attached hydrogen (secondary N) is 2. The number of imidazole rings is 1. The molecule has 1 saturated heterocycles. The van der Waals surface area contributed by atoms with Crippen molar-refractivity contribution in [3.8, 4) is 6.07 Å². The number of fused-ring (bicyclic) bond motifs is 1. The Morgan fingerprint density at radius 1 is 0.833 bits per heavy atom. The molecule has 6 atom stereocenters. The first-order valence-corrected chi connectivity index (χ1v) is 35.7. The Balaban J connectivity index is 1.86. The van der Waals surface area contributed by atoms with Crippen LogP contribution in [0.5, 0.6) is 0 Å². The third kappa shape index (κ3) is 18.4. The van der Waals surface area contributed by atoms with Crippen molar-refractivity contribution in [2.75, 3.05) is 38.4 Å². The Kier molecular flexibility index (Phi) is 24.0. The number of carbonyl (C=O) groups is 3. The molecule has 3 N–H and O–H groups in total. The number of carbonyl (C=O) groups excluding carboxylic acids is 3. The molecule has 3 heterocycles. The minimum atomic E-state index is -4.69. The van der Waals surface area contributed by atoms with Gasteiger partial charge < -0.3 is 55.2 Å². The van der Waals surface area contributed by atoms with Crippen molar-refractivity contribution in [3.63, 3.8) is 0 Å². The monoisotopic (exact) mass is 1160 g/mol. The molecular formula is C51H78N7O16PSi3. The average Bonchev–Trinajstić information content (AvgIpc) is 4.00. The van der Waals surface area contributed by atoms with Gasteiger partial charge in [0.2, 0.25) is 11.9 Å². The lowest BCUT2D eigenvalue weighted by Gasteiger charge is -2.45. The van der Waals surface area contributed by atoms with Gasteiger partial charge in [-0.2, -0.15) is 10.2 Å². The van der Waals surface area contributed by atoms with Gasteiger partial charge in [-0.1, -0.05) is 74.5 Å². The molecule has 4 aromatic rings. The van der Waals surface area contributed by atoms with E-state index >= 15 is 0 Å². The molecule has 1 aliphatic heterocycles. The molecule has 430 valence electrons. The second kappa shape index (κ2) is 29.2. The number of hydrogen-bond donors (Lipinski definition) is 3. The van der Waals surface area contributed by atoms with Gasteiger partial charge in [-0.15, -0.1) is 0 Å². The van der Waals surface area contributed by atoms with Crippen molar-refractivity contribution in [2.45, 2.75) is 156 Å². The molecule has 23 nitrogen and oxygen atoms in total. The highest BCUT2D eigenvalue weighted by Gasteiger charge is 2.65. The molecule has 1 aliphatic rings. The van der Waals surface area contributed by atoms with E-state index in [0.29, 0.717) is 0 Å². The van der Waals surface area contributed by atoms with Crippen LogP contribution in [0.2, 0.25) is 39.3 Å². The number of aromatic amines is 1. The van der Waals surface area contributed by atoms with Gasteiger partial charge in [0.25, 0.3) is 20.6 Å². The fraction of sp³-hybridized carbons (Fsp3) is 0.588. The van der Waals surface area contributed by atoms with Crippen LogP contribution < -0.4 is 10.9 Å². The summed E-state index contributed by atoms with van der Waals surface area (Å²) >= 11 is 0. The Morgan fingerprint density at radius 2 is 1.37 bits per heavy atom. The highest BCUT2D eigenvalue weighted by atomic mass is 31.2. The van der Waals surface area contributed by atoms with Crippen molar-refractivity contribution >= 4 is 68.9 Å². The van der Waals surface area contributed by atoms with Crippen LogP contribution in [0.15, 0.2) is 71.8 Å². The van der Waals surface area contributed by atoms with E-state index in [0.717, 1.165) is 11.1 Å². The molecule has 78 heavy (non-hydrogen) atoms. The zero-order valence-electron chi connectivity index (χ0n) is 47.1. The zero-order valence-corrected chi connectivity index (χ0v) is 51.0. The SMILES string of the molecule is CC(=O)OCCOC(OCCOC(C)=O)O[C@@H]1[C@H](OP(OCCC#N)N(C(C)C)C(C)C)[C@@H](C(O)[Si](OC(c2ccccc2)c2ccccc2)(O[Si](C)(C)C)O[Si](C)(C)C)O[C@H]1n1cnc2c(=O)[nH]c(NC(=O)C(C)C)nc21. The normalized spacial score (nSPS) is 18.1. The molecule has 2 aromatic carbocycles. The number of esters is 2. The van der Waals surface area contributed by atoms with Gasteiger partial charge in [0.1, 0.15) is 37.6 Å². The summed E-state index contributed by atoms with van der Waals surface area (Å²) in [5.41, 5.74) is -1.26.